The van der Waals surface area contributed by atoms with E-state index in [1.54, 1.807) is 31.0 Å². The van der Waals surface area contributed by atoms with E-state index in [4.69, 9.17) is 0 Å². The Morgan fingerprint density at radius 2 is 2.00 bits per heavy atom. The largest absolute Gasteiger partial charge is 0.335 e. The molecule has 5 aromatic rings. The summed E-state index contributed by atoms with van der Waals surface area (Å²) in [4.78, 5) is 32.8. The highest BCUT2D eigenvalue weighted by Crippen LogP contribution is 2.29. The summed E-state index contributed by atoms with van der Waals surface area (Å²) in [6, 6.07) is 5.73. The first-order chi connectivity index (χ1) is 15.2. The van der Waals surface area contributed by atoms with E-state index in [-0.39, 0.29) is 5.91 Å². The van der Waals surface area contributed by atoms with Gasteiger partial charge in [0.15, 0.2) is 11.5 Å². The van der Waals surface area contributed by atoms with Crippen LogP contribution in [0.4, 0.5) is 5.69 Å². The highest BCUT2D eigenvalue weighted by atomic mass is 16.1. The molecule has 31 heavy (non-hydrogen) atoms. The molecule has 5 heterocycles. The predicted molar refractivity (Wildman–Crippen MR) is 118 cm³/mol. The minimum absolute atomic E-state index is 0.00845. The summed E-state index contributed by atoms with van der Waals surface area (Å²) in [7, 11) is 0. The van der Waals surface area contributed by atoms with Gasteiger partial charge in [0.25, 0.3) is 0 Å². The van der Waals surface area contributed by atoms with Crippen molar-refractivity contribution in [2.45, 2.75) is 26.2 Å². The van der Waals surface area contributed by atoms with E-state index in [1.165, 1.54) is 0 Å². The van der Waals surface area contributed by atoms with Crippen LogP contribution < -0.4 is 5.32 Å². The number of fused-ring (bicyclic) bond motifs is 2. The molecule has 0 bridgehead atoms. The van der Waals surface area contributed by atoms with Gasteiger partial charge in [-0.15, -0.1) is 0 Å². The number of hydrogen-bond acceptors (Lipinski definition) is 6. The van der Waals surface area contributed by atoms with Crippen molar-refractivity contribution >= 4 is 33.7 Å². The van der Waals surface area contributed by atoms with Gasteiger partial charge < -0.3 is 10.3 Å². The number of imidazole rings is 1. The Hall–Kier alpha value is -4.14. The zero-order chi connectivity index (χ0) is 21.2. The molecule has 0 aliphatic heterocycles. The number of anilines is 1. The van der Waals surface area contributed by atoms with Gasteiger partial charge >= 0.3 is 0 Å². The summed E-state index contributed by atoms with van der Waals surface area (Å²) in [6.07, 6.45) is 10.9. The lowest BCUT2D eigenvalue weighted by atomic mass is 10.1. The maximum atomic E-state index is 12.1. The summed E-state index contributed by atoms with van der Waals surface area (Å²) >= 11 is 0. The van der Waals surface area contributed by atoms with Crippen molar-refractivity contribution in [1.82, 2.24) is 35.1 Å². The Balaban J connectivity index is 1.49. The molecule has 0 unspecified atom stereocenters. The van der Waals surface area contributed by atoms with Gasteiger partial charge in [0.2, 0.25) is 5.91 Å². The second-order valence-corrected chi connectivity index (χ2v) is 7.28. The highest BCUT2D eigenvalue weighted by Gasteiger charge is 2.15. The van der Waals surface area contributed by atoms with Crippen LogP contribution in [-0.4, -0.2) is 41.0 Å². The van der Waals surface area contributed by atoms with Crippen LogP contribution in [0.3, 0.4) is 0 Å². The molecular weight excluding hydrogens is 392 g/mol. The number of H-pyrrole nitrogens is 2. The van der Waals surface area contributed by atoms with Gasteiger partial charge in [-0.3, -0.25) is 19.9 Å². The molecule has 5 rings (SSSR count). The smallest absolute Gasteiger partial charge is 0.224 e. The summed E-state index contributed by atoms with van der Waals surface area (Å²) in [5, 5.41) is 11.1. The van der Waals surface area contributed by atoms with E-state index in [0.29, 0.717) is 29.3 Å². The minimum atomic E-state index is -0.00845. The standard InChI is InChI=1S/C22H20N8O/c1-2-3-4-19(31)26-15-7-13(9-24-11-15)14-8-16-20(29-30-21(16)25-10-14)22-27-17-5-6-23-12-18(17)28-22/h5-12H,2-4H2,1H3,(H,26,31)(H,27,28)(H,25,29,30). The van der Waals surface area contributed by atoms with Gasteiger partial charge in [0, 0.05) is 36.1 Å². The van der Waals surface area contributed by atoms with Crippen molar-refractivity contribution in [2.75, 3.05) is 5.32 Å². The third-order valence-electron chi connectivity index (χ3n) is 5.04. The third kappa shape index (κ3) is 3.73. The third-order valence-corrected chi connectivity index (χ3v) is 5.04. The molecule has 0 radical (unpaired) electrons. The SMILES string of the molecule is CCCCC(=O)Nc1cncc(-c2cnc3[nH]nc(-c4nc5ccncc5[nH]4)c3c2)c1. The van der Waals surface area contributed by atoms with Crippen LogP contribution in [0.1, 0.15) is 26.2 Å². The quantitative estimate of drug-likeness (QED) is 0.386. The summed E-state index contributed by atoms with van der Waals surface area (Å²) in [5.74, 6) is 0.633. The van der Waals surface area contributed by atoms with E-state index in [9.17, 15) is 4.79 Å². The first-order valence-electron chi connectivity index (χ1n) is 10.1. The van der Waals surface area contributed by atoms with E-state index in [1.807, 2.05) is 18.2 Å². The van der Waals surface area contributed by atoms with E-state index in [2.05, 4.69) is 47.4 Å². The van der Waals surface area contributed by atoms with Gasteiger partial charge in [-0.1, -0.05) is 13.3 Å². The molecule has 5 aromatic heterocycles. The zero-order valence-corrected chi connectivity index (χ0v) is 16.9. The number of aromatic amines is 2. The molecule has 0 fully saturated rings. The summed E-state index contributed by atoms with van der Waals surface area (Å²) in [6.45, 7) is 2.06. The number of nitrogens with zero attached hydrogens (tertiary/aromatic N) is 5. The Labute approximate surface area is 177 Å². The maximum Gasteiger partial charge on any atom is 0.224 e. The fourth-order valence-electron chi connectivity index (χ4n) is 3.44. The zero-order valence-electron chi connectivity index (χ0n) is 16.9. The number of amides is 1. The average Bonchev–Trinajstić information content (AvgIpc) is 3.41. The first-order valence-corrected chi connectivity index (χ1v) is 10.1. The number of rotatable bonds is 6. The molecule has 0 aliphatic rings. The number of carbonyl (C=O) groups is 1. The molecule has 0 saturated heterocycles. The van der Waals surface area contributed by atoms with Gasteiger partial charge in [-0.05, 0) is 24.6 Å². The minimum Gasteiger partial charge on any atom is -0.335 e. The molecule has 0 atom stereocenters. The molecule has 0 spiro atoms. The molecule has 1 amide bonds. The van der Waals surface area contributed by atoms with E-state index in [0.717, 1.165) is 40.4 Å². The summed E-state index contributed by atoms with van der Waals surface area (Å²) < 4.78 is 0. The predicted octanol–water partition coefficient (Wildman–Crippen LogP) is 4.09. The van der Waals surface area contributed by atoms with Crippen molar-refractivity contribution in [3.8, 4) is 22.6 Å². The molecule has 0 aromatic carbocycles. The van der Waals surface area contributed by atoms with Crippen LogP contribution >= 0.6 is 0 Å². The second-order valence-electron chi connectivity index (χ2n) is 7.28. The van der Waals surface area contributed by atoms with Crippen molar-refractivity contribution < 1.29 is 4.79 Å². The summed E-state index contributed by atoms with van der Waals surface area (Å²) in [5.41, 5.74) is 5.38. The number of aromatic nitrogens is 7. The van der Waals surface area contributed by atoms with Crippen molar-refractivity contribution in [3.05, 3.63) is 49.2 Å². The van der Waals surface area contributed by atoms with Gasteiger partial charge in [0.05, 0.1) is 34.5 Å². The Bertz CT molecular complexity index is 1350. The Kier molecular flexibility index (Phi) is 4.83. The topological polar surface area (TPSA) is 125 Å². The molecule has 3 N–H and O–H groups in total. The number of carbonyl (C=O) groups excluding carboxylic acids is 1. The lowest BCUT2D eigenvalue weighted by Gasteiger charge is -2.07. The van der Waals surface area contributed by atoms with Gasteiger partial charge in [0.1, 0.15) is 5.69 Å². The van der Waals surface area contributed by atoms with Crippen LogP contribution in [-0.2, 0) is 4.79 Å². The van der Waals surface area contributed by atoms with Crippen LogP contribution in [0.25, 0.3) is 44.7 Å². The normalized spacial score (nSPS) is 11.3. The lowest BCUT2D eigenvalue weighted by molar-refractivity contribution is -0.116. The van der Waals surface area contributed by atoms with Crippen molar-refractivity contribution in [1.29, 1.82) is 0 Å². The molecule has 154 valence electrons. The first kappa shape index (κ1) is 18.9. The van der Waals surface area contributed by atoms with Crippen LogP contribution in [0.5, 0.6) is 0 Å². The van der Waals surface area contributed by atoms with Gasteiger partial charge in [-0.25, -0.2) is 9.97 Å². The number of nitrogens with one attached hydrogen (secondary N) is 3. The van der Waals surface area contributed by atoms with E-state index >= 15 is 0 Å². The monoisotopic (exact) mass is 412 g/mol. The highest BCUT2D eigenvalue weighted by molar-refractivity contribution is 5.94. The van der Waals surface area contributed by atoms with Crippen LogP contribution in [0, 0.1) is 0 Å². The van der Waals surface area contributed by atoms with Gasteiger partial charge in [-0.2, -0.15) is 5.10 Å². The van der Waals surface area contributed by atoms with E-state index < -0.39 is 0 Å². The second kappa shape index (κ2) is 7.94. The van der Waals surface area contributed by atoms with Crippen LogP contribution in [0.2, 0.25) is 0 Å². The molecular formula is C22H20N8O. The molecule has 0 aliphatic carbocycles. The number of unbranched alkanes of at least 4 members (excludes halogenated alkanes) is 1. The van der Waals surface area contributed by atoms with Crippen molar-refractivity contribution in [3.63, 3.8) is 0 Å². The van der Waals surface area contributed by atoms with Crippen LogP contribution in [0.15, 0.2) is 49.2 Å². The Morgan fingerprint density at radius 3 is 2.87 bits per heavy atom. The molecule has 9 heteroatoms. The van der Waals surface area contributed by atoms with Crippen molar-refractivity contribution in [2.24, 2.45) is 0 Å². The molecule has 0 saturated carbocycles. The number of hydrogen-bond donors (Lipinski definition) is 3. The fourth-order valence-corrected chi connectivity index (χ4v) is 3.44. The Morgan fingerprint density at radius 1 is 1.10 bits per heavy atom. The lowest BCUT2D eigenvalue weighted by Crippen LogP contribution is -2.11. The average molecular weight is 412 g/mol. The number of pyridine rings is 3. The maximum absolute atomic E-state index is 12.1. The molecule has 9 nitrogen and oxygen atoms in total. The fraction of sp³-hybridized carbons (Fsp3) is 0.182.